The van der Waals surface area contributed by atoms with Crippen molar-refractivity contribution in [2.45, 2.75) is 38.1 Å². The summed E-state index contributed by atoms with van der Waals surface area (Å²) in [5.41, 5.74) is 0. The molecule has 3 rings (SSSR count). The number of nitrogens with zero attached hydrogens (tertiary/aromatic N) is 2. The summed E-state index contributed by atoms with van der Waals surface area (Å²) in [5, 5.41) is 6.23. The molecule has 1 atom stereocenters. The Morgan fingerprint density at radius 1 is 1.00 bits per heavy atom. The molecule has 2 heterocycles. The summed E-state index contributed by atoms with van der Waals surface area (Å²) < 4.78 is 0. The predicted octanol–water partition coefficient (Wildman–Crippen LogP) is 0.643. The standard InChI is InChI=1S/C16H28N4O2.2ClH/c21-15(14-5-2-6-17-14)18-7-8-19-9-11-20(12-10-19)16(22)13-3-1-4-13;;/h13-14,17H,1-12H2,(H,18,21);2*1H. The molecule has 2 saturated heterocycles. The van der Waals surface area contributed by atoms with E-state index in [2.05, 4.69) is 15.5 Å². The fourth-order valence-electron chi connectivity index (χ4n) is 3.47. The van der Waals surface area contributed by atoms with Crippen LogP contribution in [0.3, 0.4) is 0 Å². The highest BCUT2D eigenvalue weighted by Crippen LogP contribution is 2.28. The van der Waals surface area contributed by atoms with Crippen LogP contribution in [0.4, 0.5) is 0 Å². The lowest BCUT2D eigenvalue weighted by molar-refractivity contribution is -0.139. The fraction of sp³-hybridized carbons (Fsp3) is 0.875. The van der Waals surface area contributed by atoms with Crippen LogP contribution >= 0.6 is 24.8 Å². The maximum Gasteiger partial charge on any atom is 0.237 e. The van der Waals surface area contributed by atoms with Gasteiger partial charge >= 0.3 is 0 Å². The van der Waals surface area contributed by atoms with Crippen LogP contribution in [0.2, 0.25) is 0 Å². The number of halogens is 2. The maximum atomic E-state index is 12.2. The van der Waals surface area contributed by atoms with Gasteiger partial charge in [0.25, 0.3) is 0 Å². The summed E-state index contributed by atoms with van der Waals surface area (Å²) in [6, 6.07) is 0.0111. The quantitative estimate of drug-likeness (QED) is 0.734. The predicted molar refractivity (Wildman–Crippen MR) is 98.9 cm³/mol. The molecule has 2 aliphatic heterocycles. The molecule has 2 N–H and O–H groups in total. The average molecular weight is 381 g/mol. The highest BCUT2D eigenvalue weighted by Gasteiger charge is 2.31. The van der Waals surface area contributed by atoms with Crippen LogP contribution in [0.15, 0.2) is 0 Å². The van der Waals surface area contributed by atoms with Crippen LogP contribution in [-0.4, -0.2) is 73.5 Å². The molecule has 2 amide bonds. The molecule has 6 nitrogen and oxygen atoms in total. The molecule has 0 radical (unpaired) electrons. The molecule has 1 aliphatic carbocycles. The lowest BCUT2D eigenvalue weighted by atomic mass is 9.84. The van der Waals surface area contributed by atoms with Gasteiger partial charge in [0, 0.05) is 45.2 Å². The zero-order valence-electron chi connectivity index (χ0n) is 14.2. The van der Waals surface area contributed by atoms with Crippen LogP contribution in [0, 0.1) is 5.92 Å². The van der Waals surface area contributed by atoms with Crippen molar-refractivity contribution in [2.75, 3.05) is 45.8 Å². The highest BCUT2D eigenvalue weighted by atomic mass is 35.5. The van der Waals surface area contributed by atoms with Gasteiger partial charge in [0.2, 0.25) is 11.8 Å². The van der Waals surface area contributed by atoms with Crippen LogP contribution in [0.5, 0.6) is 0 Å². The van der Waals surface area contributed by atoms with Gasteiger partial charge in [-0.25, -0.2) is 0 Å². The molecule has 0 aromatic rings. The Balaban J connectivity index is 0.00000144. The second-order valence-corrected chi connectivity index (χ2v) is 6.73. The van der Waals surface area contributed by atoms with Gasteiger partial charge in [-0.3, -0.25) is 14.5 Å². The smallest absolute Gasteiger partial charge is 0.237 e. The summed E-state index contributed by atoms with van der Waals surface area (Å²) in [5.74, 6) is 0.813. The third-order valence-corrected chi connectivity index (χ3v) is 5.24. The number of amides is 2. The number of carbonyl (C=O) groups excluding carboxylic acids is 2. The first kappa shape index (κ1) is 21.5. The van der Waals surface area contributed by atoms with Crippen molar-refractivity contribution in [2.24, 2.45) is 5.92 Å². The zero-order valence-corrected chi connectivity index (χ0v) is 15.8. The van der Waals surface area contributed by atoms with E-state index in [1.807, 2.05) is 4.90 Å². The topological polar surface area (TPSA) is 64.7 Å². The van der Waals surface area contributed by atoms with Crippen LogP contribution in [0.25, 0.3) is 0 Å². The molecule has 1 unspecified atom stereocenters. The number of rotatable bonds is 5. The summed E-state index contributed by atoms with van der Waals surface area (Å²) in [7, 11) is 0. The number of hydrogen-bond donors (Lipinski definition) is 2. The SMILES string of the molecule is Cl.Cl.O=C(NCCN1CCN(C(=O)C2CCC2)CC1)C1CCCN1. The van der Waals surface area contributed by atoms with Gasteiger partial charge in [-0.2, -0.15) is 0 Å². The normalized spacial score (nSPS) is 24.5. The second-order valence-electron chi connectivity index (χ2n) is 6.73. The van der Waals surface area contributed by atoms with E-state index in [9.17, 15) is 9.59 Å². The summed E-state index contributed by atoms with van der Waals surface area (Å²) in [6.45, 7) is 6.07. The van der Waals surface area contributed by atoms with Crippen molar-refractivity contribution in [3.8, 4) is 0 Å². The molecular formula is C16H30Cl2N4O2. The van der Waals surface area contributed by atoms with E-state index < -0.39 is 0 Å². The molecule has 0 bridgehead atoms. The number of hydrogen-bond acceptors (Lipinski definition) is 4. The molecular weight excluding hydrogens is 351 g/mol. The lowest BCUT2D eigenvalue weighted by Crippen LogP contribution is -2.52. The Kier molecular flexibility index (Phi) is 9.34. The Morgan fingerprint density at radius 2 is 1.71 bits per heavy atom. The zero-order chi connectivity index (χ0) is 15.4. The second kappa shape index (κ2) is 10.4. The summed E-state index contributed by atoms with van der Waals surface area (Å²) in [4.78, 5) is 28.4. The minimum Gasteiger partial charge on any atom is -0.353 e. The average Bonchev–Trinajstić information content (AvgIpc) is 3.00. The maximum absolute atomic E-state index is 12.2. The number of carbonyl (C=O) groups is 2. The van der Waals surface area contributed by atoms with Crippen molar-refractivity contribution in [3.63, 3.8) is 0 Å². The molecule has 24 heavy (non-hydrogen) atoms. The van der Waals surface area contributed by atoms with Crippen LogP contribution in [0.1, 0.15) is 32.1 Å². The lowest BCUT2D eigenvalue weighted by Gasteiger charge is -2.38. The van der Waals surface area contributed by atoms with E-state index in [1.54, 1.807) is 0 Å². The van der Waals surface area contributed by atoms with Gasteiger partial charge in [-0.05, 0) is 32.2 Å². The van der Waals surface area contributed by atoms with Gasteiger partial charge in [0.05, 0.1) is 6.04 Å². The van der Waals surface area contributed by atoms with Gasteiger partial charge in [0.1, 0.15) is 0 Å². The van der Waals surface area contributed by atoms with Gasteiger partial charge in [0.15, 0.2) is 0 Å². The van der Waals surface area contributed by atoms with E-state index in [1.165, 1.54) is 6.42 Å². The Labute approximate surface area is 156 Å². The Morgan fingerprint density at radius 3 is 2.25 bits per heavy atom. The summed E-state index contributed by atoms with van der Waals surface area (Å²) in [6.07, 6.45) is 5.43. The Hall–Kier alpha value is -0.560. The van der Waals surface area contributed by atoms with Crippen molar-refractivity contribution in [1.29, 1.82) is 0 Å². The molecule has 0 aromatic heterocycles. The van der Waals surface area contributed by atoms with Crippen molar-refractivity contribution >= 4 is 36.6 Å². The molecule has 0 aromatic carbocycles. The van der Waals surface area contributed by atoms with E-state index >= 15 is 0 Å². The van der Waals surface area contributed by atoms with E-state index in [4.69, 9.17) is 0 Å². The van der Waals surface area contributed by atoms with E-state index in [0.29, 0.717) is 18.4 Å². The summed E-state index contributed by atoms with van der Waals surface area (Å²) >= 11 is 0. The minimum absolute atomic E-state index is 0. The largest absolute Gasteiger partial charge is 0.353 e. The molecule has 1 saturated carbocycles. The first-order chi connectivity index (χ1) is 10.7. The number of nitrogens with one attached hydrogen (secondary N) is 2. The number of piperazine rings is 1. The van der Waals surface area contributed by atoms with Crippen molar-refractivity contribution in [3.05, 3.63) is 0 Å². The van der Waals surface area contributed by atoms with Crippen LogP contribution in [-0.2, 0) is 9.59 Å². The van der Waals surface area contributed by atoms with Crippen molar-refractivity contribution < 1.29 is 9.59 Å². The first-order valence-corrected chi connectivity index (χ1v) is 8.76. The molecule has 8 heteroatoms. The molecule has 3 fully saturated rings. The minimum atomic E-state index is 0. The highest BCUT2D eigenvalue weighted by molar-refractivity contribution is 5.85. The first-order valence-electron chi connectivity index (χ1n) is 8.76. The van der Waals surface area contributed by atoms with Gasteiger partial charge < -0.3 is 15.5 Å². The van der Waals surface area contributed by atoms with Gasteiger partial charge in [-0.1, -0.05) is 6.42 Å². The van der Waals surface area contributed by atoms with Gasteiger partial charge in [-0.15, -0.1) is 24.8 Å². The molecule has 3 aliphatic rings. The Bertz CT molecular complexity index is 407. The monoisotopic (exact) mass is 380 g/mol. The van der Waals surface area contributed by atoms with Crippen LogP contribution < -0.4 is 10.6 Å². The molecule has 140 valence electrons. The third kappa shape index (κ3) is 5.48. The molecule has 0 spiro atoms. The van der Waals surface area contributed by atoms with Crippen molar-refractivity contribution in [1.82, 2.24) is 20.4 Å². The van der Waals surface area contributed by atoms with E-state index in [-0.39, 0.29) is 36.8 Å². The third-order valence-electron chi connectivity index (χ3n) is 5.24. The van der Waals surface area contributed by atoms with E-state index in [0.717, 1.165) is 65.0 Å². The fourth-order valence-corrected chi connectivity index (χ4v) is 3.47.